The van der Waals surface area contributed by atoms with Crippen molar-refractivity contribution in [3.63, 3.8) is 0 Å². The van der Waals surface area contributed by atoms with Crippen LogP contribution in [0.25, 0.3) is 10.2 Å². The van der Waals surface area contributed by atoms with Gasteiger partial charge in [0.25, 0.3) is 5.91 Å². The number of amides is 1. The number of rotatable bonds is 6. The number of thiophene rings is 1. The molecule has 1 aromatic carbocycles. The Balaban J connectivity index is 1.73. The molecule has 0 fully saturated rings. The highest BCUT2D eigenvalue weighted by Crippen LogP contribution is 2.28. The van der Waals surface area contributed by atoms with E-state index in [0.29, 0.717) is 17.3 Å². The van der Waals surface area contributed by atoms with Crippen LogP contribution in [0.4, 0.5) is 0 Å². The minimum absolute atomic E-state index is 0.0484. The molecule has 9 heteroatoms. The van der Waals surface area contributed by atoms with Crippen molar-refractivity contribution in [2.45, 2.75) is 38.8 Å². The predicted octanol–water partition coefficient (Wildman–Crippen LogP) is 2.64. The molecule has 0 aliphatic rings. The molecule has 0 saturated carbocycles. The second-order valence-electron chi connectivity index (χ2n) is 6.86. The van der Waals surface area contributed by atoms with Gasteiger partial charge < -0.3 is 5.32 Å². The summed E-state index contributed by atoms with van der Waals surface area (Å²) in [6, 6.07) is 8.00. The summed E-state index contributed by atoms with van der Waals surface area (Å²) >= 11 is 1.43. The van der Waals surface area contributed by atoms with Crippen molar-refractivity contribution >= 4 is 37.5 Å². The van der Waals surface area contributed by atoms with Gasteiger partial charge in [-0.1, -0.05) is 26.0 Å². The van der Waals surface area contributed by atoms with E-state index in [2.05, 4.69) is 24.3 Å². The molecule has 1 amide bonds. The number of nitrogens with one attached hydrogen (secondary N) is 1. The maximum atomic E-state index is 12.5. The van der Waals surface area contributed by atoms with Gasteiger partial charge in [-0.3, -0.25) is 9.48 Å². The number of sulfonamides is 1. The maximum Gasteiger partial charge on any atom is 0.261 e. The van der Waals surface area contributed by atoms with Crippen molar-refractivity contribution in [1.29, 1.82) is 0 Å². The smallest absolute Gasteiger partial charge is 0.261 e. The van der Waals surface area contributed by atoms with E-state index in [1.54, 1.807) is 12.1 Å². The second-order valence-corrected chi connectivity index (χ2v) is 9.45. The maximum absolute atomic E-state index is 12.5. The third-order valence-corrected chi connectivity index (χ3v) is 6.15. The number of hydrogen-bond donors (Lipinski definition) is 2. The average Bonchev–Trinajstić information content (AvgIpc) is 3.14. The first-order chi connectivity index (χ1) is 12.6. The fourth-order valence-corrected chi connectivity index (χ4v) is 4.36. The first-order valence-corrected chi connectivity index (χ1v) is 10.9. The minimum Gasteiger partial charge on any atom is -0.347 e. The zero-order valence-corrected chi connectivity index (χ0v) is 17.0. The summed E-state index contributed by atoms with van der Waals surface area (Å²) in [5.74, 6) is 0.300. The number of hydrogen-bond acceptors (Lipinski definition) is 5. The van der Waals surface area contributed by atoms with Crippen LogP contribution in [0, 0.1) is 12.8 Å². The lowest BCUT2D eigenvalue weighted by molar-refractivity contribution is 0.0955. The van der Waals surface area contributed by atoms with Crippen LogP contribution in [0.5, 0.6) is 0 Å². The summed E-state index contributed by atoms with van der Waals surface area (Å²) in [7, 11) is -3.71. The molecule has 0 saturated heterocycles. The molecule has 0 spiro atoms. The molecule has 144 valence electrons. The van der Waals surface area contributed by atoms with Gasteiger partial charge in [-0.05, 0) is 36.6 Å². The molecule has 0 aliphatic heterocycles. The Hall–Kier alpha value is -2.23. The Morgan fingerprint density at radius 2 is 1.96 bits per heavy atom. The minimum atomic E-state index is -3.71. The fourth-order valence-electron chi connectivity index (χ4n) is 2.76. The first kappa shape index (κ1) is 19.5. The molecule has 2 aromatic heterocycles. The molecule has 0 bridgehead atoms. The monoisotopic (exact) mass is 406 g/mol. The number of fused-ring (bicyclic) bond motifs is 1. The Morgan fingerprint density at radius 3 is 2.56 bits per heavy atom. The van der Waals surface area contributed by atoms with Crippen LogP contribution in [0.2, 0.25) is 0 Å². The van der Waals surface area contributed by atoms with Gasteiger partial charge in [-0.25, -0.2) is 13.6 Å². The van der Waals surface area contributed by atoms with Crippen molar-refractivity contribution in [1.82, 2.24) is 15.1 Å². The summed E-state index contributed by atoms with van der Waals surface area (Å²) in [6.07, 6.45) is 0. The average molecular weight is 407 g/mol. The van der Waals surface area contributed by atoms with E-state index in [9.17, 15) is 13.2 Å². The molecule has 0 unspecified atom stereocenters. The van der Waals surface area contributed by atoms with Gasteiger partial charge in [0, 0.05) is 18.5 Å². The molecule has 7 nitrogen and oxygen atoms in total. The number of benzene rings is 1. The Labute approximate surface area is 162 Å². The number of carbonyl (C=O) groups is 1. The number of nitrogens with zero attached hydrogens (tertiary/aromatic N) is 2. The number of primary sulfonamides is 1. The van der Waals surface area contributed by atoms with E-state index in [0.717, 1.165) is 28.0 Å². The highest BCUT2D eigenvalue weighted by atomic mass is 32.2. The lowest BCUT2D eigenvalue weighted by Gasteiger charge is -2.06. The van der Waals surface area contributed by atoms with Gasteiger partial charge in [0.15, 0.2) is 0 Å². The molecular weight excluding hydrogens is 384 g/mol. The van der Waals surface area contributed by atoms with Gasteiger partial charge in [0.05, 0.1) is 15.5 Å². The highest BCUT2D eigenvalue weighted by Gasteiger charge is 2.17. The Bertz CT molecular complexity index is 1080. The number of aryl methyl sites for hydroxylation is 1. The Morgan fingerprint density at radius 1 is 1.30 bits per heavy atom. The summed E-state index contributed by atoms with van der Waals surface area (Å²) in [5, 5.41) is 13.5. The number of nitrogens with two attached hydrogens (primary N) is 1. The third kappa shape index (κ3) is 4.37. The highest BCUT2D eigenvalue weighted by molar-refractivity contribution is 7.89. The summed E-state index contributed by atoms with van der Waals surface area (Å²) < 4.78 is 24.5. The fraction of sp³-hybridized carbons (Fsp3) is 0.333. The number of carbonyl (C=O) groups excluding carboxylic acids is 1. The normalized spacial score (nSPS) is 12.0. The molecule has 3 N–H and O–H groups in total. The molecule has 0 atom stereocenters. The summed E-state index contributed by atoms with van der Waals surface area (Å²) in [6.45, 7) is 7.31. The van der Waals surface area contributed by atoms with Crippen LogP contribution >= 0.6 is 11.3 Å². The first-order valence-electron chi connectivity index (χ1n) is 8.52. The predicted molar refractivity (Wildman–Crippen MR) is 106 cm³/mol. The topological polar surface area (TPSA) is 107 Å². The zero-order chi connectivity index (χ0) is 19.8. The molecule has 3 rings (SSSR count). The van der Waals surface area contributed by atoms with E-state index in [4.69, 9.17) is 5.14 Å². The molecule has 2 heterocycles. The van der Waals surface area contributed by atoms with E-state index < -0.39 is 10.0 Å². The largest absolute Gasteiger partial charge is 0.347 e. The van der Waals surface area contributed by atoms with E-state index in [1.807, 2.05) is 17.7 Å². The lowest BCUT2D eigenvalue weighted by Crippen LogP contribution is -2.21. The van der Waals surface area contributed by atoms with Crippen LogP contribution in [-0.2, 0) is 23.1 Å². The Kier molecular flexibility index (Phi) is 5.36. The van der Waals surface area contributed by atoms with Gasteiger partial charge in [-0.15, -0.1) is 11.3 Å². The van der Waals surface area contributed by atoms with E-state index >= 15 is 0 Å². The summed E-state index contributed by atoms with van der Waals surface area (Å²) in [5.41, 5.74) is 1.71. The van der Waals surface area contributed by atoms with Crippen molar-refractivity contribution in [3.05, 3.63) is 46.5 Å². The number of aromatic nitrogens is 2. The molecule has 3 aromatic rings. The molecular formula is C18H22N4O3S2. The van der Waals surface area contributed by atoms with Crippen LogP contribution in [-0.4, -0.2) is 24.1 Å². The third-order valence-electron chi connectivity index (χ3n) is 4.07. The molecule has 0 aliphatic carbocycles. The van der Waals surface area contributed by atoms with Crippen LogP contribution in [0.3, 0.4) is 0 Å². The quantitative estimate of drug-likeness (QED) is 0.656. The molecule has 27 heavy (non-hydrogen) atoms. The summed E-state index contributed by atoms with van der Waals surface area (Å²) in [4.78, 5) is 14.2. The lowest BCUT2D eigenvalue weighted by atomic mass is 10.2. The van der Waals surface area contributed by atoms with E-state index in [1.165, 1.54) is 23.5 Å². The van der Waals surface area contributed by atoms with Crippen molar-refractivity contribution in [3.8, 4) is 0 Å². The van der Waals surface area contributed by atoms with Crippen LogP contribution < -0.4 is 10.5 Å². The van der Waals surface area contributed by atoms with Gasteiger partial charge in [0.1, 0.15) is 4.83 Å². The van der Waals surface area contributed by atoms with Crippen LogP contribution in [0.15, 0.2) is 35.2 Å². The van der Waals surface area contributed by atoms with Gasteiger partial charge in [-0.2, -0.15) is 5.10 Å². The SMILES string of the molecule is Cc1nn(CC(C)C)c2sc(C(=O)NCc3ccc(S(N)(=O)=O)cc3)cc12. The second kappa shape index (κ2) is 7.41. The van der Waals surface area contributed by atoms with Gasteiger partial charge in [0.2, 0.25) is 10.0 Å². The zero-order valence-electron chi connectivity index (χ0n) is 15.4. The van der Waals surface area contributed by atoms with E-state index in [-0.39, 0.29) is 10.8 Å². The van der Waals surface area contributed by atoms with Crippen molar-refractivity contribution in [2.24, 2.45) is 11.1 Å². The molecule has 0 radical (unpaired) electrons. The van der Waals surface area contributed by atoms with Crippen molar-refractivity contribution < 1.29 is 13.2 Å². The van der Waals surface area contributed by atoms with Crippen molar-refractivity contribution in [2.75, 3.05) is 0 Å². The standard InChI is InChI=1S/C18H22N4O3S2/c1-11(2)10-22-18-15(12(3)21-22)8-16(26-18)17(23)20-9-13-4-6-14(7-5-13)27(19,24)25/h4-8,11H,9-10H2,1-3H3,(H,20,23)(H2,19,24,25). The van der Waals surface area contributed by atoms with Crippen LogP contribution in [0.1, 0.15) is 34.8 Å². The van der Waals surface area contributed by atoms with Gasteiger partial charge >= 0.3 is 0 Å².